The molecule has 0 aliphatic carbocycles. The van der Waals surface area contributed by atoms with Gasteiger partial charge in [0.1, 0.15) is 0 Å². The summed E-state index contributed by atoms with van der Waals surface area (Å²) in [5.41, 5.74) is 8.75. The lowest BCUT2D eigenvalue weighted by molar-refractivity contribution is -0.116. The lowest BCUT2D eigenvalue weighted by Gasteiger charge is -2.22. The Kier molecular flexibility index (Phi) is 7.04. The predicted octanol–water partition coefficient (Wildman–Crippen LogP) is 1.04. The van der Waals surface area contributed by atoms with Gasteiger partial charge in [-0.25, -0.2) is 0 Å². The number of carbonyl (C=O) groups excluding carboxylic acids is 1. The van der Waals surface area contributed by atoms with Crippen LogP contribution >= 0.6 is 0 Å². The highest BCUT2D eigenvalue weighted by atomic mass is 16.5. The van der Waals surface area contributed by atoms with E-state index < -0.39 is 0 Å². The Morgan fingerprint density at radius 2 is 2.20 bits per heavy atom. The summed E-state index contributed by atoms with van der Waals surface area (Å²) < 4.78 is 5.00. The molecular weight excluding hydrogens is 254 g/mol. The largest absolute Gasteiger partial charge is 0.383 e. The van der Waals surface area contributed by atoms with Crippen molar-refractivity contribution in [3.63, 3.8) is 0 Å². The van der Waals surface area contributed by atoms with Gasteiger partial charge in [-0.05, 0) is 37.1 Å². The number of ether oxygens (including phenoxy) is 1. The summed E-state index contributed by atoms with van der Waals surface area (Å²) in [7, 11) is 1.69. The number of primary amides is 1. The van der Waals surface area contributed by atoms with E-state index in [-0.39, 0.29) is 12.5 Å². The number of nitrogens with two attached hydrogens (primary N) is 1. The van der Waals surface area contributed by atoms with Gasteiger partial charge in [0.25, 0.3) is 0 Å². The predicted molar refractivity (Wildman–Crippen MR) is 81.8 cm³/mol. The van der Waals surface area contributed by atoms with E-state index in [0.29, 0.717) is 6.61 Å². The molecule has 5 heteroatoms. The topological polar surface area (TPSA) is 67.6 Å². The Labute approximate surface area is 121 Å². The van der Waals surface area contributed by atoms with Crippen LogP contribution in [0.2, 0.25) is 0 Å². The molecule has 0 saturated carbocycles. The van der Waals surface area contributed by atoms with Gasteiger partial charge in [-0.1, -0.05) is 6.07 Å². The summed E-state index contributed by atoms with van der Waals surface area (Å²) >= 11 is 0. The zero-order chi connectivity index (χ0) is 15.0. The van der Waals surface area contributed by atoms with E-state index in [2.05, 4.69) is 24.4 Å². The molecule has 0 saturated heterocycles. The molecule has 0 aliphatic rings. The van der Waals surface area contributed by atoms with Crippen molar-refractivity contribution in [1.82, 2.24) is 5.32 Å². The Morgan fingerprint density at radius 3 is 2.75 bits per heavy atom. The fraction of sp³-hybridized carbons (Fsp3) is 0.533. The van der Waals surface area contributed by atoms with Crippen LogP contribution in [0.25, 0.3) is 0 Å². The van der Waals surface area contributed by atoms with Gasteiger partial charge in [-0.2, -0.15) is 0 Å². The zero-order valence-electron chi connectivity index (χ0n) is 12.6. The second kappa shape index (κ2) is 8.55. The van der Waals surface area contributed by atoms with Crippen LogP contribution in [0.15, 0.2) is 18.2 Å². The van der Waals surface area contributed by atoms with Gasteiger partial charge in [0.15, 0.2) is 0 Å². The SMILES string of the molecule is CCN(CC(N)=O)c1ccc(CNCCOC)c(C)c1. The molecule has 0 aromatic heterocycles. The second-order valence-electron chi connectivity index (χ2n) is 4.76. The van der Waals surface area contributed by atoms with Crippen LogP contribution in [-0.4, -0.2) is 39.3 Å². The minimum absolute atomic E-state index is 0.251. The average molecular weight is 279 g/mol. The quantitative estimate of drug-likeness (QED) is 0.663. The second-order valence-corrected chi connectivity index (χ2v) is 4.76. The number of hydrogen-bond acceptors (Lipinski definition) is 4. The highest BCUT2D eigenvalue weighted by molar-refractivity contribution is 5.79. The van der Waals surface area contributed by atoms with E-state index in [4.69, 9.17) is 10.5 Å². The number of likely N-dealkylation sites (N-methyl/N-ethyl adjacent to an activating group) is 1. The maximum absolute atomic E-state index is 11.1. The van der Waals surface area contributed by atoms with Crippen molar-refractivity contribution in [2.45, 2.75) is 20.4 Å². The highest BCUT2D eigenvalue weighted by Gasteiger charge is 2.08. The first-order chi connectivity index (χ1) is 9.58. The van der Waals surface area contributed by atoms with Crippen LogP contribution in [-0.2, 0) is 16.1 Å². The molecule has 0 radical (unpaired) electrons. The van der Waals surface area contributed by atoms with Gasteiger partial charge in [0.2, 0.25) is 5.91 Å². The van der Waals surface area contributed by atoms with Gasteiger partial charge < -0.3 is 20.7 Å². The Morgan fingerprint density at radius 1 is 1.45 bits per heavy atom. The fourth-order valence-electron chi connectivity index (χ4n) is 2.05. The monoisotopic (exact) mass is 279 g/mol. The molecule has 112 valence electrons. The van der Waals surface area contributed by atoms with Crippen LogP contribution in [0.4, 0.5) is 5.69 Å². The van der Waals surface area contributed by atoms with Gasteiger partial charge in [0.05, 0.1) is 13.2 Å². The maximum atomic E-state index is 11.1. The lowest BCUT2D eigenvalue weighted by Crippen LogP contribution is -2.33. The summed E-state index contributed by atoms with van der Waals surface area (Å²) in [6.45, 7) is 7.46. The number of hydrogen-bond donors (Lipinski definition) is 2. The summed E-state index contributed by atoms with van der Waals surface area (Å²) in [6.07, 6.45) is 0. The third-order valence-corrected chi connectivity index (χ3v) is 3.22. The molecule has 1 amide bonds. The van der Waals surface area contributed by atoms with Crippen molar-refractivity contribution in [2.24, 2.45) is 5.73 Å². The Hall–Kier alpha value is -1.59. The highest BCUT2D eigenvalue weighted by Crippen LogP contribution is 2.19. The van der Waals surface area contributed by atoms with Crippen LogP contribution in [0, 0.1) is 6.92 Å². The molecule has 0 atom stereocenters. The van der Waals surface area contributed by atoms with E-state index in [0.717, 1.165) is 25.3 Å². The summed E-state index contributed by atoms with van der Waals surface area (Å²) in [5.74, 6) is -0.310. The molecule has 0 spiro atoms. The number of benzene rings is 1. The molecule has 20 heavy (non-hydrogen) atoms. The molecule has 3 N–H and O–H groups in total. The molecule has 1 aromatic rings. The maximum Gasteiger partial charge on any atom is 0.236 e. The molecular formula is C15H25N3O2. The number of nitrogens with zero attached hydrogens (tertiary/aromatic N) is 1. The number of rotatable bonds is 9. The summed E-state index contributed by atoms with van der Waals surface area (Å²) in [4.78, 5) is 13.0. The molecule has 1 rings (SSSR count). The van der Waals surface area contributed by atoms with E-state index >= 15 is 0 Å². The van der Waals surface area contributed by atoms with Crippen LogP contribution < -0.4 is 16.0 Å². The van der Waals surface area contributed by atoms with Crippen molar-refractivity contribution < 1.29 is 9.53 Å². The number of methoxy groups -OCH3 is 1. The number of amides is 1. The standard InChI is InChI=1S/C15H25N3O2/c1-4-18(11-15(16)19)14-6-5-13(12(2)9-14)10-17-7-8-20-3/h5-6,9,17H,4,7-8,10-11H2,1-3H3,(H2,16,19). The molecule has 0 fully saturated rings. The first-order valence-corrected chi connectivity index (χ1v) is 6.91. The average Bonchev–Trinajstić information content (AvgIpc) is 2.42. The summed E-state index contributed by atoms with van der Waals surface area (Å²) in [5, 5.41) is 3.33. The summed E-state index contributed by atoms with van der Waals surface area (Å²) in [6, 6.07) is 6.22. The van der Waals surface area contributed by atoms with E-state index in [1.54, 1.807) is 7.11 Å². The first kappa shape index (κ1) is 16.5. The minimum Gasteiger partial charge on any atom is -0.383 e. The van der Waals surface area contributed by atoms with Crippen LogP contribution in [0.5, 0.6) is 0 Å². The molecule has 0 heterocycles. The van der Waals surface area contributed by atoms with E-state index in [9.17, 15) is 4.79 Å². The molecule has 5 nitrogen and oxygen atoms in total. The number of anilines is 1. The molecule has 0 bridgehead atoms. The lowest BCUT2D eigenvalue weighted by atomic mass is 10.1. The van der Waals surface area contributed by atoms with Gasteiger partial charge in [0, 0.05) is 32.4 Å². The van der Waals surface area contributed by atoms with Crippen molar-refractivity contribution in [2.75, 3.05) is 38.3 Å². The third-order valence-electron chi connectivity index (χ3n) is 3.22. The fourth-order valence-corrected chi connectivity index (χ4v) is 2.05. The van der Waals surface area contributed by atoms with Gasteiger partial charge >= 0.3 is 0 Å². The smallest absolute Gasteiger partial charge is 0.236 e. The number of carbonyl (C=O) groups is 1. The van der Waals surface area contributed by atoms with Crippen molar-refractivity contribution >= 4 is 11.6 Å². The van der Waals surface area contributed by atoms with E-state index in [1.807, 2.05) is 17.9 Å². The Bertz CT molecular complexity index is 435. The molecule has 0 unspecified atom stereocenters. The van der Waals surface area contributed by atoms with Gasteiger partial charge in [-0.3, -0.25) is 4.79 Å². The normalized spacial score (nSPS) is 10.6. The van der Waals surface area contributed by atoms with Crippen LogP contribution in [0.1, 0.15) is 18.1 Å². The van der Waals surface area contributed by atoms with Gasteiger partial charge in [-0.15, -0.1) is 0 Å². The zero-order valence-corrected chi connectivity index (χ0v) is 12.6. The minimum atomic E-state index is -0.310. The number of nitrogens with one attached hydrogen (secondary N) is 1. The van der Waals surface area contributed by atoms with Crippen molar-refractivity contribution in [3.05, 3.63) is 29.3 Å². The van der Waals surface area contributed by atoms with Crippen LogP contribution in [0.3, 0.4) is 0 Å². The molecule has 1 aromatic carbocycles. The molecule has 0 aliphatic heterocycles. The first-order valence-electron chi connectivity index (χ1n) is 6.91. The van der Waals surface area contributed by atoms with E-state index in [1.165, 1.54) is 11.1 Å². The van der Waals surface area contributed by atoms with Crippen molar-refractivity contribution in [1.29, 1.82) is 0 Å². The Balaban J connectivity index is 2.68. The number of aryl methyl sites for hydroxylation is 1. The third kappa shape index (κ3) is 5.19. The van der Waals surface area contributed by atoms with Crippen molar-refractivity contribution in [3.8, 4) is 0 Å².